The fourth-order valence-electron chi connectivity index (χ4n) is 1.16. The third kappa shape index (κ3) is 7.62. The predicted molar refractivity (Wildman–Crippen MR) is 80.9 cm³/mol. The smallest absolute Gasteiger partial charge is 0.379 e. The first-order valence-electron chi connectivity index (χ1n) is 6.30. The second-order valence-corrected chi connectivity index (χ2v) is 6.71. The first-order chi connectivity index (χ1) is 9.40. The number of carbonyl (C=O) groups excluding carboxylic acids is 1. The summed E-state index contributed by atoms with van der Waals surface area (Å²) in [7, 11) is 1.71. The molecule has 0 spiro atoms. The fraction of sp³-hybridized carbons (Fsp3) is 0.533. The summed E-state index contributed by atoms with van der Waals surface area (Å²) in [6.07, 6.45) is -4.49. The summed E-state index contributed by atoms with van der Waals surface area (Å²) in [6, 6.07) is 4.77. The van der Waals surface area contributed by atoms with Crippen LogP contribution in [0.4, 0.5) is 13.2 Å². The van der Waals surface area contributed by atoms with Crippen LogP contribution in [0.1, 0.15) is 43.6 Å². The monoisotopic (exact) mass is 368 g/mol. The minimum Gasteiger partial charge on any atom is -0.379 e. The first kappa shape index (κ1) is 20.1. The number of Topliss-reactive ketones (excluding diaryl/α,β-unsaturated/α-hetero) is 1. The zero-order valence-corrected chi connectivity index (χ0v) is 14.3. The van der Waals surface area contributed by atoms with Crippen LogP contribution in [0.3, 0.4) is 0 Å². The fourth-order valence-corrected chi connectivity index (χ4v) is 1.41. The summed E-state index contributed by atoms with van der Waals surface area (Å²) < 4.78 is 42.5. The van der Waals surface area contributed by atoms with Gasteiger partial charge in [-0.1, -0.05) is 34.1 Å². The van der Waals surface area contributed by atoms with E-state index in [0.717, 1.165) is 6.07 Å². The van der Waals surface area contributed by atoms with E-state index < -0.39 is 22.4 Å². The van der Waals surface area contributed by atoms with Gasteiger partial charge in [0.15, 0.2) is 5.78 Å². The molecule has 0 bridgehead atoms. The molecule has 0 aromatic heterocycles. The van der Waals surface area contributed by atoms with Crippen molar-refractivity contribution in [2.45, 2.75) is 44.3 Å². The standard InChI is InChI=1S/C10H8BrF3O.C5H12O/c1-6(11)9(15)7-4-2-3-5-8(7)10(12,13)14;1-5(2,3)6-4/h2-6H,1H3;1-4H3. The van der Waals surface area contributed by atoms with Gasteiger partial charge in [-0.3, -0.25) is 4.79 Å². The molecule has 1 unspecified atom stereocenters. The summed E-state index contributed by atoms with van der Waals surface area (Å²) in [4.78, 5) is 10.8. The van der Waals surface area contributed by atoms with Crippen LogP contribution in [0.2, 0.25) is 0 Å². The molecule has 1 aromatic rings. The number of benzene rings is 1. The molecular formula is C15H20BrF3O2. The Balaban J connectivity index is 0.000000567. The van der Waals surface area contributed by atoms with Crippen molar-refractivity contribution in [2.75, 3.05) is 7.11 Å². The van der Waals surface area contributed by atoms with Crippen LogP contribution in [-0.2, 0) is 10.9 Å². The van der Waals surface area contributed by atoms with Crippen LogP contribution in [0.25, 0.3) is 0 Å². The molecule has 0 saturated heterocycles. The normalized spacial score (nSPS) is 13.2. The van der Waals surface area contributed by atoms with Crippen molar-refractivity contribution in [3.8, 4) is 0 Å². The van der Waals surface area contributed by atoms with E-state index in [4.69, 9.17) is 4.74 Å². The van der Waals surface area contributed by atoms with Gasteiger partial charge in [-0.25, -0.2) is 0 Å². The highest BCUT2D eigenvalue weighted by atomic mass is 79.9. The molecular weight excluding hydrogens is 349 g/mol. The number of alkyl halides is 4. The number of hydrogen-bond donors (Lipinski definition) is 0. The van der Waals surface area contributed by atoms with Gasteiger partial charge in [-0.2, -0.15) is 13.2 Å². The van der Waals surface area contributed by atoms with Crippen molar-refractivity contribution in [3.63, 3.8) is 0 Å². The van der Waals surface area contributed by atoms with Crippen LogP contribution in [0, 0.1) is 0 Å². The van der Waals surface area contributed by atoms with Crippen molar-refractivity contribution in [1.82, 2.24) is 0 Å². The SMILES string of the molecule is CC(Br)C(=O)c1ccccc1C(F)(F)F.COC(C)(C)C. The van der Waals surface area contributed by atoms with E-state index in [1.807, 2.05) is 20.8 Å². The topological polar surface area (TPSA) is 26.3 Å². The van der Waals surface area contributed by atoms with E-state index in [-0.39, 0.29) is 11.2 Å². The number of ketones is 1. The highest BCUT2D eigenvalue weighted by Crippen LogP contribution is 2.32. The average Bonchev–Trinajstić information content (AvgIpc) is 2.36. The van der Waals surface area contributed by atoms with E-state index in [1.54, 1.807) is 7.11 Å². The Hall–Kier alpha value is -0.880. The Morgan fingerprint density at radius 1 is 1.19 bits per heavy atom. The maximum absolute atomic E-state index is 12.5. The molecule has 0 radical (unpaired) electrons. The van der Waals surface area contributed by atoms with E-state index in [9.17, 15) is 18.0 Å². The lowest BCUT2D eigenvalue weighted by molar-refractivity contribution is -0.137. The number of rotatable bonds is 2. The zero-order chi connectivity index (χ0) is 16.8. The molecule has 120 valence electrons. The number of methoxy groups -OCH3 is 1. The van der Waals surface area contributed by atoms with Crippen LogP contribution in [0.5, 0.6) is 0 Å². The van der Waals surface area contributed by atoms with Gasteiger partial charge in [0.2, 0.25) is 0 Å². The van der Waals surface area contributed by atoms with Crippen molar-refractivity contribution >= 4 is 21.7 Å². The molecule has 0 aliphatic rings. The maximum Gasteiger partial charge on any atom is 0.417 e. The lowest BCUT2D eigenvalue weighted by Crippen LogP contribution is -2.17. The molecule has 6 heteroatoms. The first-order valence-corrected chi connectivity index (χ1v) is 7.21. The Morgan fingerprint density at radius 2 is 1.62 bits per heavy atom. The molecule has 0 amide bonds. The largest absolute Gasteiger partial charge is 0.417 e. The Labute approximate surface area is 131 Å². The Kier molecular flexibility index (Phi) is 7.61. The van der Waals surface area contributed by atoms with Crippen molar-refractivity contribution in [3.05, 3.63) is 35.4 Å². The molecule has 1 aromatic carbocycles. The lowest BCUT2D eigenvalue weighted by atomic mass is 10.0. The predicted octanol–water partition coefficient (Wildman–Crippen LogP) is 5.10. The van der Waals surface area contributed by atoms with Crippen molar-refractivity contribution < 1.29 is 22.7 Å². The van der Waals surface area contributed by atoms with E-state index in [0.29, 0.717) is 0 Å². The van der Waals surface area contributed by atoms with Gasteiger partial charge in [0, 0.05) is 12.7 Å². The van der Waals surface area contributed by atoms with Gasteiger partial charge in [0.25, 0.3) is 0 Å². The zero-order valence-electron chi connectivity index (χ0n) is 12.7. The highest BCUT2D eigenvalue weighted by Gasteiger charge is 2.35. The number of hydrogen-bond acceptors (Lipinski definition) is 2. The van der Waals surface area contributed by atoms with E-state index >= 15 is 0 Å². The van der Waals surface area contributed by atoms with E-state index in [2.05, 4.69) is 15.9 Å². The quantitative estimate of drug-likeness (QED) is 0.535. The van der Waals surface area contributed by atoms with Gasteiger partial charge in [-0.05, 0) is 33.8 Å². The summed E-state index contributed by atoms with van der Waals surface area (Å²) in [6.45, 7) is 7.56. The summed E-state index contributed by atoms with van der Waals surface area (Å²) in [5.74, 6) is -0.567. The second-order valence-electron chi connectivity index (χ2n) is 5.34. The van der Waals surface area contributed by atoms with Gasteiger partial charge in [0.05, 0.1) is 16.0 Å². The highest BCUT2D eigenvalue weighted by molar-refractivity contribution is 9.10. The molecule has 0 N–H and O–H groups in total. The summed E-state index contributed by atoms with van der Waals surface area (Å²) >= 11 is 2.96. The third-order valence-electron chi connectivity index (χ3n) is 2.47. The molecule has 0 aliphatic heterocycles. The maximum atomic E-state index is 12.5. The van der Waals surface area contributed by atoms with Crippen LogP contribution >= 0.6 is 15.9 Å². The molecule has 2 nitrogen and oxygen atoms in total. The number of ether oxygens (including phenoxy) is 1. The van der Waals surface area contributed by atoms with Crippen molar-refractivity contribution in [2.24, 2.45) is 0 Å². The Morgan fingerprint density at radius 3 is 1.95 bits per heavy atom. The second kappa shape index (κ2) is 7.94. The summed E-state index contributed by atoms with van der Waals surface area (Å²) in [5, 5.41) is 0. The lowest BCUT2D eigenvalue weighted by Gasteiger charge is -2.14. The minimum atomic E-state index is -4.49. The van der Waals surface area contributed by atoms with Crippen LogP contribution in [0.15, 0.2) is 24.3 Å². The van der Waals surface area contributed by atoms with E-state index in [1.165, 1.54) is 25.1 Å². The third-order valence-corrected chi connectivity index (χ3v) is 2.89. The summed E-state index contributed by atoms with van der Waals surface area (Å²) in [5.41, 5.74) is -1.14. The molecule has 21 heavy (non-hydrogen) atoms. The number of halogens is 4. The van der Waals surface area contributed by atoms with Gasteiger partial charge < -0.3 is 4.74 Å². The van der Waals surface area contributed by atoms with Gasteiger partial charge in [-0.15, -0.1) is 0 Å². The molecule has 0 saturated carbocycles. The molecule has 1 rings (SSSR count). The molecule has 0 heterocycles. The van der Waals surface area contributed by atoms with Gasteiger partial charge >= 0.3 is 6.18 Å². The molecule has 1 atom stereocenters. The van der Waals surface area contributed by atoms with Gasteiger partial charge in [0.1, 0.15) is 0 Å². The van der Waals surface area contributed by atoms with Crippen LogP contribution in [-0.4, -0.2) is 23.3 Å². The number of carbonyl (C=O) groups is 1. The average molecular weight is 369 g/mol. The van der Waals surface area contributed by atoms with Crippen LogP contribution < -0.4 is 0 Å². The minimum absolute atomic E-state index is 0.0417. The molecule has 0 fully saturated rings. The molecule has 0 aliphatic carbocycles. The van der Waals surface area contributed by atoms with Crippen molar-refractivity contribution in [1.29, 1.82) is 0 Å². The Bertz CT molecular complexity index is 463.